The monoisotopic (exact) mass is 317 g/mol. The lowest BCUT2D eigenvalue weighted by Gasteiger charge is -2.07. The lowest BCUT2D eigenvalue weighted by atomic mass is 10.2. The zero-order valence-corrected chi connectivity index (χ0v) is 12.7. The van der Waals surface area contributed by atoms with Gasteiger partial charge in [-0.3, -0.25) is 0 Å². The maximum atomic E-state index is 11.6. The van der Waals surface area contributed by atoms with Gasteiger partial charge < -0.3 is 15.6 Å². The number of carboxylic acid groups (broad SMARTS) is 1. The van der Waals surface area contributed by atoms with Gasteiger partial charge in [-0.1, -0.05) is 11.8 Å². The van der Waals surface area contributed by atoms with E-state index in [9.17, 15) is 14.7 Å². The van der Waals surface area contributed by atoms with E-state index >= 15 is 0 Å². The number of esters is 1. The van der Waals surface area contributed by atoms with E-state index in [1.807, 2.05) is 0 Å². The van der Waals surface area contributed by atoms with Crippen LogP contribution in [0, 0.1) is 0 Å². The summed E-state index contributed by atoms with van der Waals surface area (Å²) in [5.74, 6) is -1.41. The molecule has 0 bridgehead atoms. The van der Waals surface area contributed by atoms with Crippen LogP contribution in [0.5, 0.6) is 0 Å². The maximum Gasteiger partial charge on any atom is 0.338 e. The van der Waals surface area contributed by atoms with Gasteiger partial charge in [0.15, 0.2) is 0 Å². The Bertz CT molecular complexity index is 698. The van der Waals surface area contributed by atoms with E-state index in [4.69, 9.17) is 10.5 Å². The minimum Gasteiger partial charge on any atom is -0.478 e. The van der Waals surface area contributed by atoms with Crippen LogP contribution in [0.2, 0.25) is 0 Å². The lowest BCUT2D eigenvalue weighted by molar-refractivity contribution is 0.0525. The van der Waals surface area contributed by atoms with Crippen molar-refractivity contribution < 1.29 is 19.4 Å². The van der Waals surface area contributed by atoms with Crippen LogP contribution < -0.4 is 5.73 Å². The largest absolute Gasteiger partial charge is 0.478 e. The number of anilines is 1. The second kappa shape index (κ2) is 7.00. The average Bonchev–Trinajstić information content (AvgIpc) is 2.50. The molecule has 3 N–H and O–H groups in total. The molecule has 0 unspecified atom stereocenters. The maximum absolute atomic E-state index is 11.6. The Morgan fingerprint density at radius 1 is 1.18 bits per heavy atom. The first-order chi connectivity index (χ1) is 10.5. The third-order valence-corrected chi connectivity index (χ3v) is 3.91. The number of carbonyl (C=O) groups is 2. The summed E-state index contributed by atoms with van der Waals surface area (Å²) in [6.45, 7) is 2.07. The molecule has 0 aliphatic heterocycles. The molecular weight excluding hydrogens is 302 g/mol. The molecule has 0 spiro atoms. The highest BCUT2D eigenvalue weighted by molar-refractivity contribution is 7.99. The molecule has 0 amide bonds. The SMILES string of the molecule is CCOC(=O)c1ccc(Sc2ccc(N)cc2C(=O)O)cc1. The molecule has 6 heteroatoms. The zero-order valence-electron chi connectivity index (χ0n) is 11.9. The number of hydrogen-bond donors (Lipinski definition) is 2. The summed E-state index contributed by atoms with van der Waals surface area (Å²) in [5.41, 5.74) is 6.63. The van der Waals surface area contributed by atoms with Crippen LogP contribution in [0.25, 0.3) is 0 Å². The molecule has 2 aromatic rings. The van der Waals surface area contributed by atoms with Crippen molar-refractivity contribution >= 4 is 29.4 Å². The van der Waals surface area contributed by atoms with Crippen LogP contribution in [0.4, 0.5) is 5.69 Å². The first-order valence-corrected chi connectivity index (χ1v) is 7.40. The van der Waals surface area contributed by atoms with Crippen molar-refractivity contribution in [1.29, 1.82) is 0 Å². The van der Waals surface area contributed by atoms with Gasteiger partial charge in [0, 0.05) is 15.5 Å². The fourth-order valence-corrected chi connectivity index (χ4v) is 2.72. The topological polar surface area (TPSA) is 89.6 Å². The van der Waals surface area contributed by atoms with Crippen molar-refractivity contribution in [3.05, 3.63) is 53.6 Å². The van der Waals surface area contributed by atoms with Gasteiger partial charge in [-0.05, 0) is 49.4 Å². The van der Waals surface area contributed by atoms with Gasteiger partial charge >= 0.3 is 11.9 Å². The molecule has 0 aliphatic rings. The Hall–Kier alpha value is -2.47. The van der Waals surface area contributed by atoms with Gasteiger partial charge in [-0.2, -0.15) is 0 Å². The molecule has 0 fully saturated rings. The average molecular weight is 317 g/mol. The van der Waals surface area contributed by atoms with E-state index < -0.39 is 5.97 Å². The lowest BCUT2D eigenvalue weighted by Crippen LogP contribution is -2.04. The van der Waals surface area contributed by atoms with Crippen molar-refractivity contribution in [2.24, 2.45) is 0 Å². The van der Waals surface area contributed by atoms with E-state index in [0.29, 0.717) is 22.8 Å². The molecule has 0 heterocycles. The van der Waals surface area contributed by atoms with Crippen LogP contribution in [-0.4, -0.2) is 23.7 Å². The van der Waals surface area contributed by atoms with Gasteiger partial charge in [0.1, 0.15) is 0 Å². The molecule has 114 valence electrons. The number of hydrogen-bond acceptors (Lipinski definition) is 5. The number of aromatic carboxylic acids is 1. The highest BCUT2D eigenvalue weighted by Gasteiger charge is 2.12. The molecular formula is C16H15NO4S. The third kappa shape index (κ3) is 3.79. The molecule has 2 rings (SSSR count). The summed E-state index contributed by atoms with van der Waals surface area (Å²) < 4.78 is 4.91. The minimum atomic E-state index is -1.03. The number of benzene rings is 2. The molecule has 0 atom stereocenters. The number of nitrogens with two attached hydrogens (primary N) is 1. The van der Waals surface area contributed by atoms with Gasteiger partial charge in [0.2, 0.25) is 0 Å². The highest BCUT2D eigenvalue weighted by Crippen LogP contribution is 2.31. The van der Waals surface area contributed by atoms with Gasteiger partial charge in [0.05, 0.1) is 17.7 Å². The minimum absolute atomic E-state index is 0.152. The number of carbonyl (C=O) groups excluding carboxylic acids is 1. The second-order valence-electron chi connectivity index (χ2n) is 4.41. The number of rotatable bonds is 5. The Labute approximate surface area is 132 Å². The van der Waals surface area contributed by atoms with Crippen LogP contribution in [0.1, 0.15) is 27.6 Å². The van der Waals surface area contributed by atoms with E-state index in [1.165, 1.54) is 17.8 Å². The van der Waals surface area contributed by atoms with Crippen molar-refractivity contribution in [2.45, 2.75) is 16.7 Å². The first kappa shape index (κ1) is 15.9. The van der Waals surface area contributed by atoms with Crippen LogP contribution in [0.15, 0.2) is 52.3 Å². The summed E-state index contributed by atoms with van der Waals surface area (Å²) in [5, 5.41) is 9.21. The first-order valence-electron chi connectivity index (χ1n) is 6.59. The predicted molar refractivity (Wildman–Crippen MR) is 84.3 cm³/mol. The second-order valence-corrected chi connectivity index (χ2v) is 5.52. The third-order valence-electron chi connectivity index (χ3n) is 2.83. The van der Waals surface area contributed by atoms with Crippen molar-refractivity contribution in [2.75, 3.05) is 12.3 Å². The number of carboxylic acids is 1. The number of ether oxygens (including phenoxy) is 1. The summed E-state index contributed by atoms with van der Waals surface area (Å²) >= 11 is 1.30. The molecule has 0 aliphatic carbocycles. The summed E-state index contributed by atoms with van der Waals surface area (Å²) in [6.07, 6.45) is 0. The summed E-state index contributed by atoms with van der Waals surface area (Å²) in [7, 11) is 0. The van der Waals surface area contributed by atoms with Gasteiger partial charge in [0.25, 0.3) is 0 Å². The smallest absolute Gasteiger partial charge is 0.338 e. The Morgan fingerprint density at radius 3 is 2.45 bits per heavy atom. The van der Waals surface area contributed by atoms with Crippen LogP contribution in [0.3, 0.4) is 0 Å². The fraction of sp³-hybridized carbons (Fsp3) is 0.125. The molecule has 0 saturated carbocycles. The van der Waals surface area contributed by atoms with Gasteiger partial charge in [-0.15, -0.1) is 0 Å². The fourth-order valence-electron chi connectivity index (χ4n) is 1.80. The van der Waals surface area contributed by atoms with Gasteiger partial charge in [-0.25, -0.2) is 9.59 Å². The van der Waals surface area contributed by atoms with E-state index in [1.54, 1.807) is 43.3 Å². The standard InChI is InChI=1S/C16H15NO4S/c1-2-21-16(20)10-3-6-12(7-4-10)22-14-8-5-11(17)9-13(14)15(18)19/h3-9H,2,17H2,1H3,(H,18,19). The quantitative estimate of drug-likeness (QED) is 0.649. The Balaban J connectivity index is 2.21. The highest BCUT2D eigenvalue weighted by atomic mass is 32.2. The molecule has 0 radical (unpaired) electrons. The molecule has 5 nitrogen and oxygen atoms in total. The predicted octanol–water partition coefficient (Wildman–Crippen LogP) is 3.29. The summed E-state index contributed by atoms with van der Waals surface area (Å²) in [4.78, 5) is 24.2. The van der Waals surface area contributed by atoms with E-state index in [0.717, 1.165) is 4.90 Å². The Kier molecular flexibility index (Phi) is 5.06. The molecule has 0 aromatic heterocycles. The van der Waals surface area contributed by atoms with E-state index in [-0.39, 0.29) is 11.5 Å². The molecule has 2 aromatic carbocycles. The van der Waals surface area contributed by atoms with Crippen LogP contribution in [-0.2, 0) is 4.74 Å². The van der Waals surface area contributed by atoms with Crippen molar-refractivity contribution in [1.82, 2.24) is 0 Å². The van der Waals surface area contributed by atoms with Crippen molar-refractivity contribution in [3.63, 3.8) is 0 Å². The zero-order chi connectivity index (χ0) is 16.1. The van der Waals surface area contributed by atoms with Crippen molar-refractivity contribution in [3.8, 4) is 0 Å². The molecule has 0 saturated heterocycles. The number of nitrogen functional groups attached to an aromatic ring is 1. The van der Waals surface area contributed by atoms with Crippen LogP contribution >= 0.6 is 11.8 Å². The Morgan fingerprint density at radius 2 is 1.86 bits per heavy atom. The van der Waals surface area contributed by atoms with E-state index in [2.05, 4.69) is 0 Å². The molecule has 22 heavy (non-hydrogen) atoms. The summed E-state index contributed by atoms with van der Waals surface area (Å²) in [6, 6.07) is 11.6. The normalized spacial score (nSPS) is 10.2.